The van der Waals surface area contributed by atoms with E-state index in [0.29, 0.717) is 12.3 Å². The van der Waals surface area contributed by atoms with Crippen molar-refractivity contribution in [3.8, 4) is 0 Å². The lowest BCUT2D eigenvalue weighted by Crippen LogP contribution is -2.55. The van der Waals surface area contributed by atoms with Crippen LogP contribution in [-0.4, -0.2) is 23.7 Å². The average Bonchev–Trinajstić information content (AvgIpc) is 2.36. The van der Waals surface area contributed by atoms with Gasteiger partial charge in [0.1, 0.15) is 0 Å². The zero-order chi connectivity index (χ0) is 13.5. The summed E-state index contributed by atoms with van der Waals surface area (Å²) in [5, 5.41) is 12.3. The Morgan fingerprint density at radius 2 is 1.74 bits per heavy atom. The van der Waals surface area contributed by atoms with Crippen molar-refractivity contribution in [3.63, 3.8) is 0 Å². The van der Waals surface area contributed by atoms with Crippen molar-refractivity contribution in [2.75, 3.05) is 6.61 Å². The third kappa shape index (κ3) is 2.42. The van der Waals surface area contributed by atoms with Gasteiger partial charge in [-0.25, -0.2) is 0 Å². The van der Waals surface area contributed by atoms with Gasteiger partial charge in [-0.3, -0.25) is 4.79 Å². The zero-order valence-corrected chi connectivity index (χ0v) is 12.0. The molecule has 0 saturated heterocycles. The van der Waals surface area contributed by atoms with E-state index in [4.69, 9.17) is 5.11 Å². The molecule has 0 radical (unpaired) electrons. The zero-order valence-electron chi connectivity index (χ0n) is 12.0. The van der Waals surface area contributed by atoms with Gasteiger partial charge in [0.25, 0.3) is 0 Å². The van der Waals surface area contributed by atoms with Gasteiger partial charge in [0.15, 0.2) is 0 Å². The van der Waals surface area contributed by atoms with Crippen LogP contribution in [0.1, 0.15) is 58.3 Å². The van der Waals surface area contributed by atoms with Gasteiger partial charge in [0, 0.05) is 18.1 Å². The van der Waals surface area contributed by atoms with Gasteiger partial charge >= 0.3 is 0 Å². The molecule has 0 heterocycles. The molecule has 1 unspecified atom stereocenters. The van der Waals surface area contributed by atoms with Gasteiger partial charge in [0.2, 0.25) is 5.91 Å². The summed E-state index contributed by atoms with van der Waals surface area (Å²) >= 11 is 0. The molecule has 108 valence electrons. The van der Waals surface area contributed by atoms with Crippen LogP contribution in [-0.2, 0) is 4.79 Å². The molecular weight excluding hydrogens is 238 g/mol. The Bertz CT molecular complexity index is 317. The molecule has 4 saturated carbocycles. The fourth-order valence-electron chi connectivity index (χ4n) is 5.26. The third-order valence-corrected chi connectivity index (χ3v) is 5.83. The highest BCUT2D eigenvalue weighted by molar-refractivity contribution is 5.83. The van der Waals surface area contributed by atoms with Crippen molar-refractivity contribution in [3.05, 3.63) is 0 Å². The molecule has 3 nitrogen and oxygen atoms in total. The summed E-state index contributed by atoms with van der Waals surface area (Å²) in [5.74, 6) is 2.74. The first-order valence-electron chi connectivity index (χ1n) is 8.07. The highest BCUT2D eigenvalue weighted by Gasteiger charge is 2.54. The van der Waals surface area contributed by atoms with Gasteiger partial charge in [-0.2, -0.15) is 0 Å². The summed E-state index contributed by atoms with van der Waals surface area (Å²) < 4.78 is 0. The molecular formula is C16H27NO2. The van der Waals surface area contributed by atoms with Crippen LogP contribution in [0.15, 0.2) is 0 Å². The van der Waals surface area contributed by atoms with Crippen LogP contribution in [0.25, 0.3) is 0 Å². The number of rotatable bonds is 5. The maximum absolute atomic E-state index is 12.7. The van der Waals surface area contributed by atoms with E-state index in [1.165, 1.54) is 19.3 Å². The Morgan fingerprint density at radius 3 is 2.16 bits per heavy atom. The van der Waals surface area contributed by atoms with E-state index in [2.05, 4.69) is 12.2 Å². The van der Waals surface area contributed by atoms with Crippen molar-refractivity contribution in [1.29, 1.82) is 0 Å². The summed E-state index contributed by atoms with van der Waals surface area (Å²) in [4.78, 5) is 12.7. The van der Waals surface area contributed by atoms with E-state index in [0.717, 1.165) is 43.4 Å². The molecule has 1 atom stereocenters. The predicted octanol–water partition coefficient (Wildman–Crippen LogP) is 2.48. The first-order valence-corrected chi connectivity index (χ1v) is 8.07. The lowest BCUT2D eigenvalue weighted by molar-refractivity contribution is -0.147. The van der Waals surface area contributed by atoms with Crippen molar-refractivity contribution in [1.82, 2.24) is 5.32 Å². The van der Waals surface area contributed by atoms with Crippen LogP contribution < -0.4 is 5.32 Å². The van der Waals surface area contributed by atoms with Crippen LogP contribution in [0.5, 0.6) is 0 Å². The Kier molecular flexibility index (Phi) is 3.59. The van der Waals surface area contributed by atoms with Crippen molar-refractivity contribution in [2.24, 2.45) is 23.2 Å². The van der Waals surface area contributed by atoms with E-state index >= 15 is 0 Å². The van der Waals surface area contributed by atoms with Crippen LogP contribution in [0.3, 0.4) is 0 Å². The van der Waals surface area contributed by atoms with E-state index in [1.54, 1.807) is 0 Å². The number of hydrogen-bond donors (Lipinski definition) is 2. The van der Waals surface area contributed by atoms with E-state index in [1.807, 2.05) is 0 Å². The van der Waals surface area contributed by atoms with E-state index < -0.39 is 0 Å². The van der Waals surface area contributed by atoms with Crippen molar-refractivity contribution >= 4 is 5.91 Å². The number of aliphatic hydroxyl groups is 1. The molecule has 3 heteroatoms. The normalized spacial score (nSPS) is 41.3. The van der Waals surface area contributed by atoms with Gasteiger partial charge in [-0.15, -0.1) is 0 Å². The topological polar surface area (TPSA) is 49.3 Å². The van der Waals surface area contributed by atoms with Crippen LogP contribution >= 0.6 is 0 Å². The molecule has 4 fully saturated rings. The Morgan fingerprint density at radius 1 is 1.21 bits per heavy atom. The second-order valence-electron chi connectivity index (χ2n) is 7.29. The number of hydrogen-bond acceptors (Lipinski definition) is 2. The monoisotopic (exact) mass is 265 g/mol. The number of carbonyl (C=O) groups excluding carboxylic acids is 1. The van der Waals surface area contributed by atoms with Crippen LogP contribution in [0.2, 0.25) is 0 Å². The smallest absolute Gasteiger partial charge is 0.226 e. The van der Waals surface area contributed by atoms with Gasteiger partial charge in [-0.05, 0) is 69.1 Å². The minimum Gasteiger partial charge on any atom is -0.396 e. The molecule has 2 N–H and O–H groups in total. The van der Waals surface area contributed by atoms with Crippen molar-refractivity contribution in [2.45, 2.75) is 64.3 Å². The first-order chi connectivity index (χ1) is 9.15. The lowest BCUT2D eigenvalue weighted by Gasteiger charge is -2.55. The molecule has 4 aliphatic rings. The second kappa shape index (κ2) is 5.08. The SMILES string of the molecule is CCC(CCO)NC(=O)C12CC3CC(CC(C3)C1)C2. The molecule has 0 aromatic heterocycles. The molecule has 0 aliphatic heterocycles. The highest BCUT2D eigenvalue weighted by atomic mass is 16.3. The molecule has 4 rings (SSSR count). The van der Waals surface area contributed by atoms with Gasteiger partial charge in [-0.1, -0.05) is 6.92 Å². The van der Waals surface area contributed by atoms with Crippen LogP contribution in [0.4, 0.5) is 0 Å². The molecule has 4 bridgehead atoms. The average molecular weight is 265 g/mol. The van der Waals surface area contributed by atoms with E-state index in [9.17, 15) is 4.79 Å². The van der Waals surface area contributed by atoms with Gasteiger partial charge in [0.05, 0.1) is 0 Å². The molecule has 4 aliphatic carbocycles. The fraction of sp³-hybridized carbons (Fsp3) is 0.938. The maximum Gasteiger partial charge on any atom is 0.226 e. The maximum atomic E-state index is 12.7. The highest BCUT2D eigenvalue weighted by Crippen LogP contribution is 2.60. The standard InChI is InChI=1S/C16H27NO2/c1-2-14(3-4-18)17-15(19)16-8-11-5-12(9-16)7-13(6-11)10-16/h11-14,18H,2-10H2,1H3,(H,17,19). The predicted molar refractivity (Wildman–Crippen MR) is 74.5 cm³/mol. The largest absolute Gasteiger partial charge is 0.396 e. The summed E-state index contributed by atoms with van der Waals surface area (Å²) in [5.41, 5.74) is -0.0440. The third-order valence-electron chi connectivity index (χ3n) is 5.83. The molecule has 0 spiro atoms. The van der Waals surface area contributed by atoms with Gasteiger partial charge < -0.3 is 10.4 Å². The quantitative estimate of drug-likeness (QED) is 0.802. The summed E-state index contributed by atoms with van der Waals surface area (Å²) in [6.07, 6.45) is 9.11. The van der Waals surface area contributed by atoms with E-state index in [-0.39, 0.29) is 18.1 Å². The Balaban J connectivity index is 1.69. The number of nitrogens with one attached hydrogen (secondary N) is 1. The Hall–Kier alpha value is -0.570. The minimum absolute atomic E-state index is 0.0440. The molecule has 0 aromatic carbocycles. The van der Waals surface area contributed by atoms with Crippen LogP contribution in [0, 0.1) is 23.2 Å². The first kappa shape index (κ1) is 13.4. The molecule has 19 heavy (non-hydrogen) atoms. The molecule has 1 amide bonds. The summed E-state index contributed by atoms with van der Waals surface area (Å²) in [6, 6.07) is 0.158. The number of carbonyl (C=O) groups is 1. The fourth-order valence-corrected chi connectivity index (χ4v) is 5.26. The summed E-state index contributed by atoms with van der Waals surface area (Å²) in [6.45, 7) is 2.25. The second-order valence-corrected chi connectivity index (χ2v) is 7.29. The lowest BCUT2D eigenvalue weighted by atomic mass is 9.49. The summed E-state index contributed by atoms with van der Waals surface area (Å²) in [7, 11) is 0. The number of aliphatic hydroxyl groups excluding tert-OH is 1. The van der Waals surface area contributed by atoms with Crippen molar-refractivity contribution < 1.29 is 9.90 Å². The molecule has 0 aromatic rings. The number of amides is 1. The Labute approximate surface area is 116 Å². The minimum atomic E-state index is -0.0440.